The summed E-state index contributed by atoms with van der Waals surface area (Å²) in [7, 11) is -4.13. The van der Waals surface area contributed by atoms with Crippen LogP contribution in [0.25, 0.3) is 0 Å². The van der Waals surface area contributed by atoms with Crippen molar-refractivity contribution in [2.75, 3.05) is 13.1 Å². The number of nitro groups is 1. The van der Waals surface area contributed by atoms with Crippen molar-refractivity contribution < 1.29 is 28.3 Å². The van der Waals surface area contributed by atoms with Gasteiger partial charge in [0, 0.05) is 25.2 Å². The van der Waals surface area contributed by atoms with Gasteiger partial charge in [-0.25, -0.2) is 8.42 Å². The number of hydrogen-bond acceptors (Lipinski definition) is 7. The highest BCUT2D eigenvalue weighted by Crippen LogP contribution is 2.22. The molecule has 3 aromatic carbocycles. The third kappa shape index (κ3) is 7.37. The summed E-state index contributed by atoms with van der Waals surface area (Å²) in [6.07, 6.45) is -1.12. The van der Waals surface area contributed by atoms with E-state index in [1.54, 1.807) is 12.1 Å². The lowest BCUT2D eigenvalue weighted by molar-refractivity contribution is -0.384. The number of hydrogen-bond donors (Lipinski definition) is 3. The Morgan fingerprint density at radius 3 is 2.16 bits per heavy atom. The molecule has 2 atom stereocenters. The van der Waals surface area contributed by atoms with Gasteiger partial charge in [-0.15, -0.1) is 0 Å². The third-order valence-electron chi connectivity index (χ3n) is 5.87. The molecule has 1 amide bonds. The zero-order valence-electron chi connectivity index (χ0n) is 21.1. The zero-order chi connectivity index (χ0) is 27.9. The molecule has 0 aromatic heterocycles. The van der Waals surface area contributed by atoms with Gasteiger partial charge in [0.2, 0.25) is 10.0 Å². The smallest absolute Gasteiger partial charge is 0.269 e. The van der Waals surface area contributed by atoms with Gasteiger partial charge in [-0.1, -0.05) is 56.3 Å². The van der Waals surface area contributed by atoms with Crippen molar-refractivity contribution in [2.45, 2.75) is 37.3 Å². The number of benzene rings is 3. The average Bonchev–Trinajstić information content (AvgIpc) is 2.88. The van der Waals surface area contributed by atoms with Gasteiger partial charge in [-0.3, -0.25) is 14.9 Å². The number of amides is 1. The van der Waals surface area contributed by atoms with E-state index in [-0.39, 0.29) is 47.3 Å². The Morgan fingerprint density at radius 2 is 1.58 bits per heavy atom. The normalized spacial score (nSPS) is 13.3. The fourth-order valence-corrected chi connectivity index (χ4v) is 5.59. The topological polar surface area (TPSA) is 150 Å². The number of sulfonamides is 1. The molecule has 0 aliphatic heterocycles. The molecule has 0 unspecified atom stereocenters. The summed E-state index contributed by atoms with van der Waals surface area (Å²) < 4.78 is 28.1. The lowest BCUT2D eigenvalue weighted by Crippen LogP contribution is -2.51. The van der Waals surface area contributed by atoms with Crippen molar-refractivity contribution in [1.82, 2.24) is 9.62 Å². The Balaban J connectivity index is 1.90. The van der Waals surface area contributed by atoms with Crippen LogP contribution in [0.15, 0.2) is 83.8 Å². The van der Waals surface area contributed by atoms with Gasteiger partial charge in [0.25, 0.3) is 11.6 Å². The third-order valence-corrected chi connectivity index (χ3v) is 7.72. The molecule has 0 aliphatic carbocycles. The monoisotopic (exact) mass is 541 g/mol. The molecule has 3 aromatic rings. The molecule has 0 heterocycles. The van der Waals surface area contributed by atoms with Crippen LogP contribution < -0.4 is 5.32 Å². The SMILES string of the molecule is CC(C)CN(C[C@@H](O)[C@H](Cc1ccccc1)NC(=O)c1ccccc1O)S(=O)(=O)c1ccc([N+](=O)[O-])cc1. The van der Waals surface area contributed by atoms with Crippen molar-refractivity contribution in [3.63, 3.8) is 0 Å². The number of para-hydroxylation sites is 1. The number of nitro benzene ring substituents is 1. The Kier molecular flexibility index (Phi) is 9.56. The molecule has 202 valence electrons. The maximum absolute atomic E-state index is 13.5. The molecule has 3 rings (SSSR count). The first-order valence-electron chi connectivity index (χ1n) is 12.0. The summed E-state index contributed by atoms with van der Waals surface area (Å²) in [4.78, 5) is 23.2. The quantitative estimate of drug-likeness (QED) is 0.235. The summed E-state index contributed by atoms with van der Waals surface area (Å²) in [5.74, 6) is -0.935. The maximum atomic E-state index is 13.5. The second kappa shape index (κ2) is 12.6. The molecule has 0 aliphatic rings. The minimum absolute atomic E-state index is 0.0234. The molecule has 0 spiro atoms. The zero-order valence-corrected chi connectivity index (χ0v) is 21.9. The summed E-state index contributed by atoms with van der Waals surface area (Å²) in [5, 5.41) is 35.1. The number of aliphatic hydroxyl groups is 1. The first-order valence-corrected chi connectivity index (χ1v) is 13.5. The van der Waals surface area contributed by atoms with Gasteiger partial charge >= 0.3 is 0 Å². The molecule has 0 fully saturated rings. The molecule has 3 N–H and O–H groups in total. The molecular formula is C27H31N3O7S. The van der Waals surface area contributed by atoms with Crippen LogP contribution in [0, 0.1) is 16.0 Å². The summed E-state index contributed by atoms with van der Waals surface area (Å²) in [6, 6.07) is 18.8. The Hall–Kier alpha value is -3.80. The number of non-ortho nitro benzene ring substituents is 1. The number of carbonyl (C=O) groups excluding carboxylic acids is 1. The minimum Gasteiger partial charge on any atom is -0.507 e. The number of aromatic hydroxyl groups is 1. The second-order valence-corrected chi connectivity index (χ2v) is 11.3. The van der Waals surface area contributed by atoms with E-state index in [0.717, 1.165) is 34.1 Å². The second-order valence-electron chi connectivity index (χ2n) is 9.32. The van der Waals surface area contributed by atoms with Gasteiger partial charge in [0.15, 0.2) is 0 Å². The van der Waals surface area contributed by atoms with E-state index in [4.69, 9.17) is 0 Å². The molecular weight excluding hydrogens is 510 g/mol. The van der Waals surface area contributed by atoms with E-state index in [1.807, 2.05) is 44.2 Å². The van der Waals surface area contributed by atoms with Gasteiger partial charge in [0.05, 0.1) is 27.5 Å². The van der Waals surface area contributed by atoms with E-state index < -0.39 is 33.0 Å². The van der Waals surface area contributed by atoms with E-state index in [9.17, 15) is 33.5 Å². The highest BCUT2D eigenvalue weighted by Gasteiger charge is 2.32. The van der Waals surface area contributed by atoms with Gasteiger partial charge in [-0.05, 0) is 42.2 Å². The summed E-state index contributed by atoms with van der Waals surface area (Å²) in [6.45, 7) is 3.39. The number of rotatable bonds is 12. The predicted molar refractivity (Wildman–Crippen MR) is 142 cm³/mol. The first-order chi connectivity index (χ1) is 18.0. The van der Waals surface area contributed by atoms with E-state index >= 15 is 0 Å². The highest BCUT2D eigenvalue weighted by atomic mass is 32.2. The number of carbonyl (C=O) groups is 1. The number of aliphatic hydroxyl groups excluding tert-OH is 1. The predicted octanol–water partition coefficient (Wildman–Crippen LogP) is 3.35. The molecule has 0 saturated heterocycles. The van der Waals surface area contributed by atoms with E-state index in [2.05, 4.69) is 5.32 Å². The standard InChI is InChI=1S/C27H31N3O7S/c1-19(2)17-29(38(36,37)22-14-12-21(13-15-22)30(34)35)18-26(32)24(16-20-8-4-3-5-9-20)28-27(33)23-10-6-7-11-25(23)31/h3-15,19,24,26,31-32H,16-18H2,1-2H3,(H,28,33)/t24-,26+/m0/s1. The van der Waals surface area contributed by atoms with Crippen molar-refractivity contribution in [2.24, 2.45) is 5.92 Å². The number of phenolic OH excluding ortho intramolecular Hbond substituents is 1. The number of nitrogens with zero attached hydrogens (tertiary/aromatic N) is 2. The Bertz CT molecular complexity index is 1350. The van der Waals surface area contributed by atoms with Crippen molar-refractivity contribution in [3.8, 4) is 5.75 Å². The molecule has 11 heteroatoms. The van der Waals surface area contributed by atoms with Gasteiger partial charge in [0.1, 0.15) is 5.75 Å². The van der Waals surface area contributed by atoms with Crippen LogP contribution in [0.2, 0.25) is 0 Å². The first kappa shape index (κ1) is 28.8. The van der Waals surface area contributed by atoms with Crippen LogP contribution in [-0.2, 0) is 16.4 Å². The van der Waals surface area contributed by atoms with E-state index in [0.29, 0.717) is 0 Å². The molecule has 0 bridgehead atoms. The number of nitrogens with one attached hydrogen (secondary N) is 1. The van der Waals surface area contributed by atoms with E-state index in [1.165, 1.54) is 12.1 Å². The molecule has 10 nitrogen and oxygen atoms in total. The van der Waals surface area contributed by atoms with Crippen LogP contribution in [0.4, 0.5) is 5.69 Å². The average molecular weight is 542 g/mol. The lowest BCUT2D eigenvalue weighted by Gasteiger charge is -2.30. The maximum Gasteiger partial charge on any atom is 0.269 e. The van der Waals surface area contributed by atoms with Crippen LogP contribution >= 0.6 is 0 Å². The molecule has 0 saturated carbocycles. The van der Waals surface area contributed by atoms with Gasteiger partial charge < -0.3 is 15.5 Å². The Morgan fingerprint density at radius 1 is 0.974 bits per heavy atom. The molecule has 0 radical (unpaired) electrons. The minimum atomic E-state index is -4.13. The largest absolute Gasteiger partial charge is 0.507 e. The van der Waals surface area contributed by atoms with Crippen molar-refractivity contribution >= 4 is 21.6 Å². The van der Waals surface area contributed by atoms with Gasteiger partial charge in [-0.2, -0.15) is 4.31 Å². The lowest BCUT2D eigenvalue weighted by atomic mass is 10.00. The van der Waals surface area contributed by atoms with Crippen LogP contribution in [0.5, 0.6) is 5.75 Å². The highest BCUT2D eigenvalue weighted by molar-refractivity contribution is 7.89. The van der Waals surface area contributed by atoms with Crippen molar-refractivity contribution in [1.29, 1.82) is 0 Å². The fraction of sp³-hybridized carbons (Fsp3) is 0.296. The number of phenols is 1. The van der Waals surface area contributed by atoms with Crippen LogP contribution in [0.1, 0.15) is 29.8 Å². The Labute approximate surface area is 221 Å². The summed E-state index contributed by atoms with van der Waals surface area (Å²) in [5.41, 5.74) is 0.590. The molecule has 38 heavy (non-hydrogen) atoms. The van der Waals surface area contributed by atoms with Crippen LogP contribution in [0.3, 0.4) is 0 Å². The fourth-order valence-electron chi connectivity index (χ4n) is 3.97. The van der Waals surface area contributed by atoms with Crippen LogP contribution in [-0.4, -0.2) is 59.0 Å². The summed E-state index contributed by atoms with van der Waals surface area (Å²) >= 11 is 0. The van der Waals surface area contributed by atoms with Crippen molar-refractivity contribution in [3.05, 3.63) is 100 Å².